The number of anilines is 1. The van der Waals surface area contributed by atoms with Crippen LogP contribution in [-0.2, 0) is 12.7 Å². The Balaban J connectivity index is 2.16. The third kappa shape index (κ3) is 2.11. The summed E-state index contributed by atoms with van der Waals surface area (Å²) in [5.74, 6) is -0.933. The molecule has 1 aromatic heterocycles. The maximum atomic E-state index is 13.1. The second-order valence-electron chi connectivity index (χ2n) is 5.43. The molecule has 0 radical (unpaired) electrons. The van der Waals surface area contributed by atoms with E-state index in [1.54, 1.807) is 12.1 Å². The number of hydrogen-bond acceptors (Lipinski definition) is 3. The molecule has 108 valence electrons. The van der Waals surface area contributed by atoms with Gasteiger partial charge in [0, 0.05) is 17.6 Å². The molecule has 0 unspecified atom stereocenters. The lowest BCUT2D eigenvalue weighted by molar-refractivity contribution is -0.147. The molecule has 1 saturated carbocycles. The minimum Gasteiger partial charge on any atom is -0.399 e. The Morgan fingerprint density at radius 1 is 1.35 bits per heavy atom. The van der Waals surface area contributed by atoms with Gasteiger partial charge in [-0.3, -0.25) is 0 Å². The molecule has 1 aromatic carbocycles. The first-order valence-electron chi connectivity index (χ1n) is 6.28. The number of halogens is 3. The van der Waals surface area contributed by atoms with Gasteiger partial charge in [-0.2, -0.15) is 13.2 Å². The predicted molar refractivity (Wildman–Crippen MR) is 67.9 cm³/mol. The summed E-state index contributed by atoms with van der Waals surface area (Å²) < 4.78 is 40.5. The topological polar surface area (TPSA) is 64.1 Å². The van der Waals surface area contributed by atoms with Gasteiger partial charge in [0.25, 0.3) is 0 Å². The maximum Gasteiger partial charge on any atom is 0.449 e. The summed E-state index contributed by atoms with van der Waals surface area (Å²) in [5.41, 5.74) is 6.15. The smallest absolute Gasteiger partial charge is 0.399 e. The molecule has 4 nitrogen and oxygen atoms in total. The molecule has 0 saturated heterocycles. The summed E-state index contributed by atoms with van der Waals surface area (Å²) in [4.78, 5) is 3.67. The zero-order chi connectivity index (χ0) is 14.5. The highest BCUT2D eigenvalue weighted by Gasteiger charge is 2.45. The van der Waals surface area contributed by atoms with Crippen molar-refractivity contribution in [3.05, 3.63) is 24.0 Å². The number of aliphatic hydroxyl groups excluding tert-OH is 1. The van der Waals surface area contributed by atoms with Gasteiger partial charge >= 0.3 is 6.18 Å². The molecular formula is C13H14F3N3O. The maximum absolute atomic E-state index is 13.1. The van der Waals surface area contributed by atoms with Crippen LogP contribution < -0.4 is 5.73 Å². The van der Waals surface area contributed by atoms with E-state index in [1.807, 2.05) is 0 Å². The van der Waals surface area contributed by atoms with Crippen LogP contribution in [0.2, 0.25) is 0 Å². The van der Waals surface area contributed by atoms with E-state index >= 15 is 0 Å². The third-order valence-electron chi connectivity index (χ3n) is 3.81. The summed E-state index contributed by atoms with van der Waals surface area (Å²) in [6.07, 6.45) is -3.07. The van der Waals surface area contributed by atoms with E-state index in [0.717, 1.165) is 17.4 Å². The van der Waals surface area contributed by atoms with E-state index in [4.69, 9.17) is 5.73 Å². The van der Waals surface area contributed by atoms with Gasteiger partial charge in [0.05, 0.1) is 17.6 Å². The van der Waals surface area contributed by atoms with Crippen molar-refractivity contribution in [2.75, 3.05) is 12.3 Å². The Kier molecular flexibility index (Phi) is 2.72. The quantitative estimate of drug-likeness (QED) is 0.851. The van der Waals surface area contributed by atoms with Crippen molar-refractivity contribution in [2.24, 2.45) is 5.41 Å². The molecule has 0 atom stereocenters. The SMILES string of the molecule is Nc1ccc2c(c1)nc(C(F)(F)F)n2CC1(CO)CC1. The van der Waals surface area contributed by atoms with Gasteiger partial charge in [-0.1, -0.05) is 0 Å². The Hall–Kier alpha value is -1.76. The van der Waals surface area contributed by atoms with Gasteiger partial charge in [-0.05, 0) is 31.0 Å². The number of alkyl halides is 3. The van der Waals surface area contributed by atoms with Crippen LogP contribution >= 0.6 is 0 Å². The average molecular weight is 285 g/mol. The summed E-state index contributed by atoms with van der Waals surface area (Å²) in [6.45, 7) is 0.0116. The van der Waals surface area contributed by atoms with Crippen LogP contribution in [0.5, 0.6) is 0 Å². The number of nitrogen functional groups attached to an aromatic ring is 1. The molecule has 0 bridgehead atoms. The zero-order valence-electron chi connectivity index (χ0n) is 10.6. The fourth-order valence-corrected chi connectivity index (χ4v) is 2.40. The number of nitrogens with two attached hydrogens (primary N) is 1. The highest BCUT2D eigenvalue weighted by molar-refractivity contribution is 5.79. The van der Waals surface area contributed by atoms with Crippen LogP contribution in [0.1, 0.15) is 18.7 Å². The molecule has 7 heteroatoms. The second-order valence-corrected chi connectivity index (χ2v) is 5.43. The fraction of sp³-hybridized carbons (Fsp3) is 0.462. The molecule has 1 fully saturated rings. The largest absolute Gasteiger partial charge is 0.449 e. The van der Waals surface area contributed by atoms with Crippen molar-refractivity contribution in [3.63, 3.8) is 0 Å². The first-order chi connectivity index (χ1) is 9.35. The molecule has 1 heterocycles. The van der Waals surface area contributed by atoms with Crippen LogP contribution in [0.15, 0.2) is 18.2 Å². The van der Waals surface area contributed by atoms with Crippen molar-refractivity contribution in [1.82, 2.24) is 9.55 Å². The normalized spacial score (nSPS) is 17.6. The van der Waals surface area contributed by atoms with Crippen molar-refractivity contribution in [3.8, 4) is 0 Å². The first kappa shape index (κ1) is 13.2. The van der Waals surface area contributed by atoms with Gasteiger partial charge in [-0.25, -0.2) is 4.98 Å². The van der Waals surface area contributed by atoms with Crippen LogP contribution in [0, 0.1) is 5.41 Å². The number of aromatic nitrogens is 2. The Bertz CT molecular complexity index is 659. The Morgan fingerprint density at radius 2 is 2.05 bits per heavy atom. The fourth-order valence-electron chi connectivity index (χ4n) is 2.40. The van der Waals surface area contributed by atoms with E-state index in [-0.39, 0.29) is 18.7 Å². The number of aliphatic hydroxyl groups is 1. The van der Waals surface area contributed by atoms with Crippen LogP contribution in [0.4, 0.5) is 18.9 Å². The van der Waals surface area contributed by atoms with Crippen LogP contribution in [0.25, 0.3) is 11.0 Å². The highest BCUT2D eigenvalue weighted by atomic mass is 19.4. The molecular weight excluding hydrogens is 271 g/mol. The zero-order valence-corrected chi connectivity index (χ0v) is 10.6. The van der Waals surface area contributed by atoms with Gasteiger partial charge < -0.3 is 15.4 Å². The van der Waals surface area contributed by atoms with Crippen molar-refractivity contribution >= 4 is 16.7 Å². The molecule has 1 aliphatic carbocycles. The predicted octanol–water partition coefficient (Wildman–Crippen LogP) is 2.41. The molecule has 0 aliphatic heterocycles. The number of fused-ring (bicyclic) bond motifs is 1. The Morgan fingerprint density at radius 3 is 2.60 bits per heavy atom. The Labute approximate surface area is 113 Å². The lowest BCUT2D eigenvalue weighted by Crippen LogP contribution is -2.21. The summed E-state index contributed by atoms with van der Waals surface area (Å²) in [7, 11) is 0. The number of rotatable bonds is 3. The number of benzene rings is 1. The molecule has 3 rings (SSSR count). The molecule has 0 amide bonds. The summed E-state index contributed by atoms with van der Waals surface area (Å²) >= 11 is 0. The van der Waals surface area contributed by atoms with E-state index < -0.39 is 17.4 Å². The van der Waals surface area contributed by atoms with E-state index in [9.17, 15) is 18.3 Å². The second kappa shape index (κ2) is 4.12. The summed E-state index contributed by atoms with van der Waals surface area (Å²) in [6, 6.07) is 4.53. The molecule has 3 N–H and O–H groups in total. The minimum atomic E-state index is -4.53. The summed E-state index contributed by atoms with van der Waals surface area (Å²) in [5, 5.41) is 9.33. The van der Waals surface area contributed by atoms with E-state index in [1.165, 1.54) is 6.07 Å². The van der Waals surface area contributed by atoms with Crippen molar-refractivity contribution in [2.45, 2.75) is 25.6 Å². The molecule has 20 heavy (non-hydrogen) atoms. The highest BCUT2D eigenvalue weighted by Crippen LogP contribution is 2.48. The van der Waals surface area contributed by atoms with Crippen molar-refractivity contribution in [1.29, 1.82) is 0 Å². The number of nitrogens with zero attached hydrogens (tertiary/aromatic N) is 2. The number of imidazole rings is 1. The first-order valence-corrected chi connectivity index (χ1v) is 6.28. The monoisotopic (exact) mass is 285 g/mol. The van der Waals surface area contributed by atoms with Gasteiger partial charge in [0.2, 0.25) is 5.82 Å². The van der Waals surface area contributed by atoms with E-state index in [0.29, 0.717) is 11.2 Å². The third-order valence-corrected chi connectivity index (χ3v) is 3.81. The minimum absolute atomic E-state index is 0.112. The molecule has 0 spiro atoms. The molecule has 2 aromatic rings. The standard InChI is InChI=1S/C13H14F3N3O/c14-13(15,16)11-18-9-5-8(17)1-2-10(9)19(11)6-12(7-20)3-4-12/h1-2,5,20H,3-4,6-7,17H2. The van der Waals surface area contributed by atoms with Gasteiger partial charge in [0.15, 0.2) is 0 Å². The van der Waals surface area contributed by atoms with Crippen LogP contribution in [0.3, 0.4) is 0 Å². The average Bonchev–Trinajstić information content (AvgIpc) is 3.04. The van der Waals surface area contributed by atoms with Gasteiger partial charge in [-0.15, -0.1) is 0 Å². The van der Waals surface area contributed by atoms with Crippen LogP contribution in [-0.4, -0.2) is 21.3 Å². The van der Waals surface area contributed by atoms with Gasteiger partial charge in [0.1, 0.15) is 0 Å². The number of hydrogen-bond donors (Lipinski definition) is 2. The lowest BCUT2D eigenvalue weighted by Gasteiger charge is -2.17. The lowest BCUT2D eigenvalue weighted by atomic mass is 10.1. The molecule has 1 aliphatic rings. The van der Waals surface area contributed by atoms with E-state index in [2.05, 4.69) is 4.98 Å². The van der Waals surface area contributed by atoms with Crippen molar-refractivity contribution < 1.29 is 18.3 Å².